The lowest BCUT2D eigenvalue weighted by atomic mass is 10.0. The number of nitrogens with zero attached hydrogens (tertiary/aromatic N) is 4. The molecule has 3 amide bonds. The minimum absolute atomic E-state index is 0.00896. The topological polar surface area (TPSA) is 118 Å². The Morgan fingerprint density at radius 2 is 1.74 bits per heavy atom. The molecule has 3 aromatic rings. The third kappa shape index (κ3) is 8.41. The zero-order valence-corrected chi connectivity index (χ0v) is 25.0. The van der Waals surface area contributed by atoms with Gasteiger partial charge in [0, 0.05) is 25.9 Å². The lowest BCUT2D eigenvalue weighted by Gasteiger charge is -2.28. The molecule has 0 radical (unpaired) electrons. The molecule has 1 aliphatic rings. The van der Waals surface area contributed by atoms with Crippen molar-refractivity contribution in [3.8, 4) is 5.75 Å². The molecule has 0 unspecified atom stereocenters. The quantitative estimate of drug-likeness (QED) is 0.447. The summed E-state index contributed by atoms with van der Waals surface area (Å²) < 4.78 is 7.32. The Balaban J connectivity index is 1.58. The van der Waals surface area contributed by atoms with E-state index < -0.39 is 12.1 Å². The van der Waals surface area contributed by atoms with Crippen LogP contribution in [0, 0.1) is 12.8 Å². The van der Waals surface area contributed by atoms with Crippen molar-refractivity contribution in [2.45, 2.75) is 72.0 Å². The number of aromatic nitrogens is 3. The number of hydrogen-bond donors (Lipinski definition) is 2. The number of rotatable bonds is 7. The molecule has 42 heavy (non-hydrogen) atoms. The predicted octanol–water partition coefficient (Wildman–Crippen LogP) is 3.39. The van der Waals surface area contributed by atoms with E-state index in [0.29, 0.717) is 50.7 Å². The lowest BCUT2D eigenvalue weighted by molar-refractivity contribution is -0.131. The van der Waals surface area contributed by atoms with Gasteiger partial charge in [0.25, 0.3) is 0 Å². The molecule has 0 bridgehead atoms. The van der Waals surface area contributed by atoms with E-state index in [4.69, 9.17) is 4.74 Å². The number of carbonyl (C=O) groups is 3. The van der Waals surface area contributed by atoms with E-state index >= 15 is 0 Å². The van der Waals surface area contributed by atoms with Gasteiger partial charge in [-0.2, -0.15) is 5.10 Å². The van der Waals surface area contributed by atoms with Gasteiger partial charge in [0.05, 0.1) is 25.6 Å². The van der Waals surface area contributed by atoms with E-state index in [1.807, 2.05) is 82.3 Å². The van der Waals surface area contributed by atoms with Crippen molar-refractivity contribution >= 4 is 17.7 Å². The number of hydrogen-bond acceptors (Lipinski definition) is 6. The van der Waals surface area contributed by atoms with Crippen molar-refractivity contribution in [2.24, 2.45) is 5.92 Å². The highest BCUT2D eigenvalue weighted by Crippen LogP contribution is 2.22. The molecule has 2 heterocycles. The molecule has 2 atom stereocenters. The maximum atomic E-state index is 13.6. The minimum atomic E-state index is -0.751. The summed E-state index contributed by atoms with van der Waals surface area (Å²) in [6, 6.07) is 16.0. The van der Waals surface area contributed by atoms with Crippen molar-refractivity contribution in [2.75, 3.05) is 19.7 Å². The second-order valence-electron chi connectivity index (χ2n) is 11.0. The highest BCUT2D eigenvalue weighted by atomic mass is 16.5. The van der Waals surface area contributed by atoms with Gasteiger partial charge in [-0.25, -0.2) is 9.67 Å². The fourth-order valence-corrected chi connectivity index (χ4v) is 5.14. The third-order valence-electron chi connectivity index (χ3n) is 7.34. The summed E-state index contributed by atoms with van der Waals surface area (Å²) in [6.07, 6.45) is 1.28. The fourth-order valence-electron chi connectivity index (χ4n) is 5.14. The summed E-state index contributed by atoms with van der Waals surface area (Å²) in [5.41, 5.74) is 1.84. The van der Waals surface area contributed by atoms with Gasteiger partial charge in [-0.3, -0.25) is 14.4 Å². The van der Waals surface area contributed by atoms with E-state index in [2.05, 4.69) is 20.7 Å². The van der Waals surface area contributed by atoms with Gasteiger partial charge in [0.1, 0.15) is 23.4 Å². The number of carbonyl (C=O) groups excluding carboxylic acids is 3. The lowest BCUT2D eigenvalue weighted by Crippen LogP contribution is -2.50. The molecule has 0 aliphatic carbocycles. The van der Waals surface area contributed by atoms with E-state index in [1.165, 1.54) is 0 Å². The molecule has 10 heteroatoms. The number of benzene rings is 2. The first kappa shape index (κ1) is 30.7. The van der Waals surface area contributed by atoms with Gasteiger partial charge < -0.3 is 20.3 Å². The number of amides is 3. The first-order valence-electron chi connectivity index (χ1n) is 14.8. The Kier molecular flexibility index (Phi) is 10.7. The summed E-state index contributed by atoms with van der Waals surface area (Å²) >= 11 is 0. The SMILES string of the molecule is CCOc1ccc(CC(=O)N2CCCC(=O)N[C@@H](Cc3ccccc3)C(=O)N[C@H](C(C)C)c3nc(C)nn3CC2)cc1. The summed E-state index contributed by atoms with van der Waals surface area (Å²) in [7, 11) is 0. The Bertz CT molecular complexity index is 1340. The molecular formula is C32H42N6O4. The van der Waals surface area contributed by atoms with Crippen LogP contribution in [-0.2, 0) is 33.8 Å². The van der Waals surface area contributed by atoms with Crippen LogP contribution in [0.5, 0.6) is 5.75 Å². The highest BCUT2D eigenvalue weighted by molar-refractivity contribution is 5.88. The monoisotopic (exact) mass is 574 g/mol. The maximum Gasteiger partial charge on any atom is 0.243 e. The summed E-state index contributed by atoms with van der Waals surface area (Å²) in [6.45, 7) is 9.60. The molecule has 1 aromatic heterocycles. The Hall–Kier alpha value is -4.21. The normalized spacial score (nSPS) is 18.5. The molecule has 10 nitrogen and oxygen atoms in total. The van der Waals surface area contributed by atoms with Crippen LogP contribution >= 0.6 is 0 Å². The maximum absolute atomic E-state index is 13.6. The van der Waals surface area contributed by atoms with Crippen molar-refractivity contribution in [3.05, 3.63) is 77.4 Å². The van der Waals surface area contributed by atoms with Crippen LogP contribution in [-0.4, -0.2) is 63.1 Å². The molecule has 4 rings (SSSR count). The number of nitrogens with one attached hydrogen (secondary N) is 2. The first-order chi connectivity index (χ1) is 20.2. The number of ether oxygens (including phenoxy) is 1. The molecule has 2 aromatic carbocycles. The van der Waals surface area contributed by atoms with Crippen LogP contribution in [0.1, 0.15) is 62.4 Å². The molecule has 224 valence electrons. The van der Waals surface area contributed by atoms with Crippen LogP contribution in [0.4, 0.5) is 0 Å². The largest absolute Gasteiger partial charge is 0.494 e. The summed E-state index contributed by atoms with van der Waals surface area (Å²) in [5.74, 6) is 1.50. The highest BCUT2D eigenvalue weighted by Gasteiger charge is 2.30. The molecular weight excluding hydrogens is 532 g/mol. The molecule has 0 spiro atoms. The van der Waals surface area contributed by atoms with Crippen LogP contribution in [0.25, 0.3) is 0 Å². The fraction of sp³-hybridized carbons (Fsp3) is 0.469. The Morgan fingerprint density at radius 3 is 2.43 bits per heavy atom. The van der Waals surface area contributed by atoms with E-state index in [1.54, 1.807) is 9.58 Å². The third-order valence-corrected chi connectivity index (χ3v) is 7.34. The standard InChI is InChI=1S/C32H42N6O4/c1-5-42-26-15-13-25(14-16-26)21-29(40)37-17-9-12-28(39)34-27(20-24-10-7-6-8-11-24)32(41)35-30(22(2)3)31-33-23(4)36-38(31)19-18-37/h6-8,10-11,13-16,22,27,30H,5,9,12,17-21H2,1-4H3,(H,34,39)(H,35,41)/t27-,30+/m0/s1. The van der Waals surface area contributed by atoms with Crippen molar-refractivity contribution in [1.82, 2.24) is 30.3 Å². The van der Waals surface area contributed by atoms with Gasteiger partial charge in [-0.1, -0.05) is 56.3 Å². The number of fused-ring (bicyclic) bond motifs is 1. The second kappa shape index (κ2) is 14.6. The Labute approximate surface area is 247 Å². The van der Waals surface area contributed by atoms with Gasteiger partial charge in [0.2, 0.25) is 17.7 Å². The van der Waals surface area contributed by atoms with Crippen LogP contribution in [0.3, 0.4) is 0 Å². The molecule has 1 aliphatic heterocycles. The van der Waals surface area contributed by atoms with E-state index in [-0.39, 0.29) is 36.5 Å². The number of aryl methyl sites for hydroxylation is 1. The average Bonchev–Trinajstić information content (AvgIpc) is 3.33. The average molecular weight is 575 g/mol. The molecule has 0 saturated heterocycles. The van der Waals surface area contributed by atoms with E-state index in [9.17, 15) is 14.4 Å². The first-order valence-corrected chi connectivity index (χ1v) is 14.8. The zero-order chi connectivity index (χ0) is 30.1. The van der Waals surface area contributed by atoms with Crippen LogP contribution in [0.2, 0.25) is 0 Å². The molecule has 2 N–H and O–H groups in total. The molecule has 0 fully saturated rings. The minimum Gasteiger partial charge on any atom is -0.494 e. The van der Waals surface area contributed by atoms with Crippen LogP contribution in [0.15, 0.2) is 54.6 Å². The Morgan fingerprint density at radius 1 is 1.00 bits per heavy atom. The van der Waals surface area contributed by atoms with Gasteiger partial charge in [-0.05, 0) is 49.4 Å². The summed E-state index contributed by atoms with van der Waals surface area (Å²) in [5, 5.41) is 10.7. The van der Waals surface area contributed by atoms with Crippen molar-refractivity contribution in [3.63, 3.8) is 0 Å². The van der Waals surface area contributed by atoms with Crippen LogP contribution < -0.4 is 15.4 Å². The summed E-state index contributed by atoms with van der Waals surface area (Å²) in [4.78, 5) is 46.6. The molecule has 0 saturated carbocycles. The smallest absolute Gasteiger partial charge is 0.243 e. The van der Waals surface area contributed by atoms with Gasteiger partial charge in [0.15, 0.2) is 0 Å². The van der Waals surface area contributed by atoms with Gasteiger partial charge >= 0.3 is 0 Å². The van der Waals surface area contributed by atoms with Crippen molar-refractivity contribution < 1.29 is 19.1 Å². The van der Waals surface area contributed by atoms with Gasteiger partial charge in [-0.15, -0.1) is 0 Å². The second-order valence-corrected chi connectivity index (χ2v) is 11.0. The zero-order valence-electron chi connectivity index (χ0n) is 25.0. The van der Waals surface area contributed by atoms with E-state index in [0.717, 1.165) is 16.9 Å². The predicted molar refractivity (Wildman–Crippen MR) is 160 cm³/mol. The van der Waals surface area contributed by atoms with Crippen molar-refractivity contribution in [1.29, 1.82) is 0 Å².